The van der Waals surface area contributed by atoms with Gasteiger partial charge in [-0.05, 0) is 19.1 Å². The van der Waals surface area contributed by atoms with Crippen LogP contribution in [-0.2, 0) is 4.79 Å². The van der Waals surface area contributed by atoms with Crippen molar-refractivity contribution in [1.29, 1.82) is 0 Å². The number of benzene rings is 1. The lowest BCUT2D eigenvalue weighted by molar-refractivity contribution is -0.117. The minimum atomic E-state index is -0.171. The van der Waals surface area contributed by atoms with Gasteiger partial charge in [0.05, 0.1) is 5.69 Å². The van der Waals surface area contributed by atoms with E-state index < -0.39 is 0 Å². The first-order valence-electron chi connectivity index (χ1n) is 4.75. The standard InChI is InChI=1S/C11H11NO2S/c1-8-2-4-9(5-3-8)12-10(13)6-7-15-11(12)14/h2-5H,6-7H2,1H3. The highest BCUT2D eigenvalue weighted by Crippen LogP contribution is 2.25. The van der Waals surface area contributed by atoms with Crippen molar-refractivity contribution < 1.29 is 9.59 Å². The highest BCUT2D eigenvalue weighted by molar-refractivity contribution is 8.14. The molecule has 1 aliphatic rings. The van der Waals surface area contributed by atoms with E-state index in [1.54, 1.807) is 12.1 Å². The summed E-state index contributed by atoms with van der Waals surface area (Å²) >= 11 is 1.20. The summed E-state index contributed by atoms with van der Waals surface area (Å²) in [6.07, 6.45) is 0.435. The van der Waals surface area contributed by atoms with Crippen molar-refractivity contribution in [2.75, 3.05) is 10.7 Å². The van der Waals surface area contributed by atoms with Gasteiger partial charge in [-0.15, -0.1) is 0 Å². The quantitative estimate of drug-likeness (QED) is 0.731. The van der Waals surface area contributed by atoms with Crippen LogP contribution in [0.2, 0.25) is 0 Å². The van der Waals surface area contributed by atoms with Gasteiger partial charge in [0, 0.05) is 12.2 Å². The van der Waals surface area contributed by atoms with Gasteiger partial charge in [0.2, 0.25) is 5.91 Å². The molecule has 2 rings (SSSR count). The van der Waals surface area contributed by atoms with E-state index in [-0.39, 0.29) is 11.1 Å². The SMILES string of the molecule is Cc1ccc(N2C(=O)CCSC2=O)cc1. The zero-order valence-electron chi connectivity index (χ0n) is 8.40. The van der Waals surface area contributed by atoms with Crippen molar-refractivity contribution in [3.63, 3.8) is 0 Å². The largest absolute Gasteiger partial charge is 0.292 e. The molecule has 0 atom stereocenters. The van der Waals surface area contributed by atoms with Crippen molar-refractivity contribution in [1.82, 2.24) is 0 Å². The molecule has 0 aliphatic carbocycles. The Kier molecular flexibility index (Phi) is 2.77. The average Bonchev–Trinajstić information content (AvgIpc) is 2.20. The van der Waals surface area contributed by atoms with Crippen LogP contribution < -0.4 is 4.90 Å². The highest BCUT2D eigenvalue weighted by Gasteiger charge is 2.27. The minimum Gasteiger partial charge on any atom is -0.274 e. The van der Waals surface area contributed by atoms with Gasteiger partial charge in [0.25, 0.3) is 5.24 Å². The molecule has 1 aliphatic heterocycles. The molecule has 0 radical (unpaired) electrons. The number of amides is 2. The van der Waals surface area contributed by atoms with Gasteiger partial charge in [-0.25, -0.2) is 4.90 Å². The Balaban J connectivity index is 2.31. The van der Waals surface area contributed by atoms with Gasteiger partial charge in [0.1, 0.15) is 0 Å². The molecule has 0 saturated carbocycles. The summed E-state index contributed by atoms with van der Waals surface area (Å²) in [6.45, 7) is 1.97. The van der Waals surface area contributed by atoms with Crippen LogP contribution >= 0.6 is 11.8 Å². The molecule has 2 amide bonds. The predicted octanol–water partition coefficient (Wildman–Crippen LogP) is 2.58. The van der Waals surface area contributed by atoms with Gasteiger partial charge < -0.3 is 0 Å². The van der Waals surface area contributed by atoms with Crippen LogP contribution in [0.25, 0.3) is 0 Å². The third-order valence-electron chi connectivity index (χ3n) is 2.27. The topological polar surface area (TPSA) is 37.4 Å². The molecule has 0 unspecified atom stereocenters. The Bertz CT molecular complexity index is 384. The van der Waals surface area contributed by atoms with Crippen LogP contribution in [0, 0.1) is 6.92 Å². The number of rotatable bonds is 1. The van der Waals surface area contributed by atoms with Crippen LogP contribution in [0.1, 0.15) is 12.0 Å². The fourth-order valence-electron chi connectivity index (χ4n) is 1.45. The van der Waals surface area contributed by atoms with E-state index in [0.29, 0.717) is 17.9 Å². The van der Waals surface area contributed by atoms with E-state index in [1.807, 2.05) is 19.1 Å². The van der Waals surface area contributed by atoms with Gasteiger partial charge in [-0.1, -0.05) is 29.5 Å². The summed E-state index contributed by atoms with van der Waals surface area (Å²) in [4.78, 5) is 24.4. The normalized spacial score (nSPS) is 17.0. The van der Waals surface area contributed by atoms with Crippen LogP contribution in [0.4, 0.5) is 10.5 Å². The number of aryl methyl sites for hydroxylation is 1. The summed E-state index contributed by atoms with van der Waals surface area (Å²) in [5.41, 5.74) is 1.78. The van der Waals surface area contributed by atoms with E-state index >= 15 is 0 Å². The third-order valence-corrected chi connectivity index (χ3v) is 3.10. The summed E-state index contributed by atoms with van der Waals surface area (Å²) in [6, 6.07) is 7.40. The number of imide groups is 1. The molecule has 0 N–H and O–H groups in total. The molecular formula is C11H11NO2S. The van der Waals surface area contributed by atoms with Crippen molar-refractivity contribution in [2.24, 2.45) is 0 Å². The van der Waals surface area contributed by atoms with E-state index in [0.717, 1.165) is 5.56 Å². The molecule has 1 heterocycles. The summed E-state index contributed by atoms with van der Waals surface area (Å²) in [7, 11) is 0. The fraction of sp³-hybridized carbons (Fsp3) is 0.273. The number of carbonyl (C=O) groups excluding carboxylic acids is 2. The number of nitrogens with zero attached hydrogens (tertiary/aromatic N) is 1. The first-order chi connectivity index (χ1) is 7.18. The summed E-state index contributed by atoms with van der Waals surface area (Å²) in [5.74, 6) is 0.489. The second kappa shape index (κ2) is 4.06. The summed E-state index contributed by atoms with van der Waals surface area (Å²) in [5, 5.41) is -0.171. The number of hydrogen-bond donors (Lipinski definition) is 0. The second-order valence-corrected chi connectivity index (χ2v) is 4.48. The Hall–Kier alpha value is -1.29. The zero-order chi connectivity index (χ0) is 10.8. The van der Waals surface area contributed by atoms with Gasteiger partial charge in [-0.2, -0.15) is 0 Å². The highest BCUT2D eigenvalue weighted by atomic mass is 32.2. The van der Waals surface area contributed by atoms with Gasteiger partial charge in [0.15, 0.2) is 0 Å². The molecule has 1 aromatic rings. The third kappa shape index (κ3) is 2.04. The molecule has 3 nitrogen and oxygen atoms in total. The van der Waals surface area contributed by atoms with Crippen molar-refractivity contribution in [3.8, 4) is 0 Å². The zero-order valence-corrected chi connectivity index (χ0v) is 9.21. The van der Waals surface area contributed by atoms with E-state index in [1.165, 1.54) is 16.7 Å². The monoisotopic (exact) mass is 221 g/mol. The smallest absolute Gasteiger partial charge is 0.274 e. The molecule has 0 bridgehead atoms. The lowest BCUT2D eigenvalue weighted by atomic mass is 10.2. The Morgan fingerprint density at radius 1 is 1.20 bits per heavy atom. The molecule has 1 aromatic carbocycles. The molecule has 0 spiro atoms. The van der Waals surface area contributed by atoms with Gasteiger partial charge >= 0.3 is 0 Å². The summed E-state index contributed by atoms with van der Waals surface area (Å²) < 4.78 is 0. The number of thioether (sulfide) groups is 1. The maximum atomic E-state index is 11.6. The number of carbonyl (C=O) groups is 2. The lowest BCUT2D eigenvalue weighted by Crippen LogP contribution is -2.38. The average molecular weight is 221 g/mol. The van der Waals surface area contributed by atoms with Crippen LogP contribution in [0.3, 0.4) is 0 Å². The molecule has 0 aromatic heterocycles. The second-order valence-electron chi connectivity index (χ2n) is 3.43. The van der Waals surface area contributed by atoms with Crippen molar-refractivity contribution in [2.45, 2.75) is 13.3 Å². The van der Waals surface area contributed by atoms with Crippen LogP contribution in [0.5, 0.6) is 0 Å². The maximum Gasteiger partial charge on any atom is 0.292 e. The Labute approximate surface area is 92.5 Å². The first kappa shape index (κ1) is 10.2. The Morgan fingerprint density at radius 3 is 2.47 bits per heavy atom. The van der Waals surface area contributed by atoms with E-state index in [2.05, 4.69) is 0 Å². The molecule has 4 heteroatoms. The van der Waals surface area contributed by atoms with Crippen molar-refractivity contribution in [3.05, 3.63) is 29.8 Å². The van der Waals surface area contributed by atoms with E-state index in [9.17, 15) is 9.59 Å². The number of hydrogen-bond acceptors (Lipinski definition) is 3. The molecule has 1 fully saturated rings. The molecule has 1 saturated heterocycles. The van der Waals surface area contributed by atoms with Gasteiger partial charge in [-0.3, -0.25) is 9.59 Å². The fourth-order valence-corrected chi connectivity index (χ4v) is 2.23. The molecule has 78 valence electrons. The lowest BCUT2D eigenvalue weighted by Gasteiger charge is -2.24. The van der Waals surface area contributed by atoms with E-state index in [4.69, 9.17) is 0 Å². The molecule has 15 heavy (non-hydrogen) atoms. The van der Waals surface area contributed by atoms with Crippen LogP contribution in [-0.4, -0.2) is 16.9 Å². The van der Waals surface area contributed by atoms with Crippen molar-refractivity contribution >= 4 is 28.6 Å². The molecular weight excluding hydrogens is 210 g/mol. The first-order valence-corrected chi connectivity index (χ1v) is 5.73. The van der Waals surface area contributed by atoms with Crippen LogP contribution in [0.15, 0.2) is 24.3 Å². The number of anilines is 1. The maximum absolute atomic E-state index is 11.6. The Morgan fingerprint density at radius 2 is 1.87 bits per heavy atom. The predicted molar refractivity (Wildman–Crippen MR) is 61.1 cm³/mol. The minimum absolute atomic E-state index is 0.109.